The van der Waals surface area contributed by atoms with Crippen LogP contribution in [0.1, 0.15) is 59.6 Å². The van der Waals surface area contributed by atoms with E-state index in [-0.39, 0.29) is 0 Å². The molecule has 0 bridgehead atoms. The second-order valence-electron chi connectivity index (χ2n) is 9.56. The van der Waals surface area contributed by atoms with E-state index in [1.54, 1.807) is 7.11 Å². The van der Waals surface area contributed by atoms with Crippen LogP contribution in [0, 0.1) is 6.92 Å². The minimum Gasteiger partial charge on any atom is -0.496 e. The van der Waals surface area contributed by atoms with Crippen LogP contribution < -0.4 is 4.74 Å². The van der Waals surface area contributed by atoms with E-state index in [4.69, 9.17) is 23.4 Å². The van der Waals surface area contributed by atoms with E-state index in [1.807, 2.05) is 33.8 Å². The minimum absolute atomic E-state index is 0.431. The molecule has 28 heavy (non-hydrogen) atoms. The highest BCUT2D eigenvalue weighted by Crippen LogP contribution is 2.45. The number of aryl methyl sites for hydroxylation is 1. The van der Waals surface area contributed by atoms with Crippen molar-refractivity contribution < 1.29 is 23.4 Å². The molecule has 154 valence electrons. The SMILES string of the molecule is COc1cc(Br)c(C)cc1CC1(C)OB(B2OC(C)(C)C(C)(C)O2)OC1(C)C. The third-order valence-corrected chi connectivity index (χ3v) is 7.50. The number of methoxy groups -OCH3 is 1. The van der Waals surface area contributed by atoms with Gasteiger partial charge in [-0.05, 0) is 72.6 Å². The van der Waals surface area contributed by atoms with Crippen molar-refractivity contribution in [3.8, 4) is 5.75 Å². The lowest BCUT2D eigenvalue weighted by Crippen LogP contribution is -2.46. The first-order chi connectivity index (χ1) is 12.7. The predicted octanol–water partition coefficient (Wildman–Crippen LogP) is 4.55. The maximum absolute atomic E-state index is 6.47. The van der Waals surface area contributed by atoms with Gasteiger partial charge in [-0.1, -0.05) is 22.0 Å². The van der Waals surface area contributed by atoms with E-state index >= 15 is 0 Å². The van der Waals surface area contributed by atoms with E-state index in [2.05, 4.69) is 49.7 Å². The second kappa shape index (κ2) is 7.02. The van der Waals surface area contributed by atoms with Crippen molar-refractivity contribution in [2.45, 2.75) is 84.2 Å². The zero-order chi connectivity index (χ0) is 21.1. The molecule has 0 saturated carbocycles. The summed E-state index contributed by atoms with van der Waals surface area (Å²) in [5, 5.41) is 0. The third-order valence-electron chi connectivity index (χ3n) is 6.64. The fraction of sp³-hybridized carbons (Fsp3) is 0.700. The summed E-state index contributed by atoms with van der Waals surface area (Å²) in [5.41, 5.74) is 0.261. The normalized spacial score (nSPS) is 28.1. The molecule has 5 nitrogen and oxygen atoms in total. The summed E-state index contributed by atoms with van der Waals surface area (Å²) in [6, 6.07) is 4.14. The van der Waals surface area contributed by atoms with Crippen LogP contribution in [0.15, 0.2) is 16.6 Å². The predicted molar refractivity (Wildman–Crippen MR) is 116 cm³/mol. The monoisotopic (exact) mass is 452 g/mol. The Labute approximate surface area is 178 Å². The molecule has 2 aliphatic heterocycles. The van der Waals surface area contributed by atoms with Gasteiger partial charge in [-0.15, -0.1) is 0 Å². The number of ether oxygens (including phenoxy) is 1. The highest BCUT2D eigenvalue weighted by molar-refractivity contribution is 9.10. The Morgan fingerprint density at radius 3 is 1.89 bits per heavy atom. The molecule has 3 rings (SSSR count). The van der Waals surface area contributed by atoms with Gasteiger partial charge in [0.1, 0.15) is 5.75 Å². The van der Waals surface area contributed by atoms with E-state index in [0.29, 0.717) is 6.42 Å². The van der Waals surface area contributed by atoms with Gasteiger partial charge in [-0.25, -0.2) is 0 Å². The Morgan fingerprint density at radius 2 is 1.36 bits per heavy atom. The Bertz CT molecular complexity index is 751. The molecule has 0 aliphatic carbocycles. The lowest BCUT2D eigenvalue weighted by molar-refractivity contribution is -0.00910. The number of rotatable bonds is 4. The number of benzene rings is 1. The maximum Gasteiger partial charge on any atom is 0.489 e. The number of hydrogen-bond acceptors (Lipinski definition) is 5. The molecule has 0 amide bonds. The summed E-state index contributed by atoms with van der Waals surface area (Å²) < 4.78 is 31.7. The highest BCUT2D eigenvalue weighted by Gasteiger charge is 2.64. The summed E-state index contributed by atoms with van der Waals surface area (Å²) in [7, 11) is 0.524. The van der Waals surface area contributed by atoms with Crippen molar-refractivity contribution in [2.24, 2.45) is 0 Å². The van der Waals surface area contributed by atoms with Gasteiger partial charge in [0.05, 0.1) is 29.5 Å². The lowest BCUT2D eigenvalue weighted by atomic mass is 9.49. The highest BCUT2D eigenvalue weighted by atomic mass is 79.9. The summed E-state index contributed by atoms with van der Waals surface area (Å²) in [5.74, 6) is 0.831. The molecule has 0 aromatic heterocycles. The summed E-state index contributed by atoms with van der Waals surface area (Å²) in [6.45, 7) is 16.4. The van der Waals surface area contributed by atoms with Gasteiger partial charge in [-0.3, -0.25) is 0 Å². The number of halogens is 1. The lowest BCUT2D eigenvalue weighted by Gasteiger charge is -2.37. The molecule has 8 heteroatoms. The second-order valence-corrected chi connectivity index (χ2v) is 10.4. The number of hydrogen-bond donors (Lipinski definition) is 0. The van der Waals surface area contributed by atoms with Crippen molar-refractivity contribution in [2.75, 3.05) is 7.11 Å². The zero-order valence-corrected chi connectivity index (χ0v) is 20.0. The van der Waals surface area contributed by atoms with Crippen LogP contribution in [0.3, 0.4) is 0 Å². The minimum atomic E-state index is -0.594. The van der Waals surface area contributed by atoms with Gasteiger partial charge in [-0.2, -0.15) is 0 Å². The first-order valence-electron chi connectivity index (χ1n) is 9.76. The van der Waals surface area contributed by atoms with Crippen LogP contribution in [0.2, 0.25) is 0 Å². The van der Waals surface area contributed by atoms with Gasteiger partial charge in [0.25, 0.3) is 0 Å². The summed E-state index contributed by atoms with van der Waals surface area (Å²) in [4.78, 5) is 0. The average Bonchev–Trinajstić information content (AvgIpc) is 2.92. The van der Waals surface area contributed by atoms with Gasteiger partial charge in [0.15, 0.2) is 0 Å². The van der Waals surface area contributed by atoms with Gasteiger partial charge >= 0.3 is 14.0 Å². The van der Waals surface area contributed by atoms with Gasteiger partial charge < -0.3 is 23.4 Å². The van der Waals surface area contributed by atoms with Gasteiger partial charge in [0, 0.05) is 10.9 Å². The van der Waals surface area contributed by atoms with E-state index in [1.165, 1.54) is 0 Å². The Morgan fingerprint density at radius 1 is 0.857 bits per heavy atom. The summed E-state index contributed by atoms with van der Waals surface area (Å²) >= 11 is 3.58. The Kier molecular flexibility index (Phi) is 5.55. The molecule has 1 unspecified atom stereocenters. The zero-order valence-electron chi connectivity index (χ0n) is 18.4. The Balaban J connectivity index is 1.86. The molecule has 2 fully saturated rings. The van der Waals surface area contributed by atoms with Crippen LogP contribution in [-0.4, -0.2) is 43.5 Å². The average molecular weight is 453 g/mol. The van der Waals surface area contributed by atoms with E-state index in [9.17, 15) is 0 Å². The fourth-order valence-corrected chi connectivity index (χ4v) is 3.94. The maximum atomic E-state index is 6.47. The quantitative estimate of drug-likeness (QED) is 0.627. The topological polar surface area (TPSA) is 46.2 Å². The molecule has 2 aliphatic rings. The fourth-order valence-electron chi connectivity index (χ4n) is 3.62. The van der Waals surface area contributed by atoms with Crippen LogP contribution in [-0.2, 0) is 25.0 Å². The molecular weight excluding hydrogens is 422 g/mol. The van der Waals surface area contributed by atoms with Crippen molar-refractivity contribution in [1.29, 1.82) is 0 Å². The van der Waals surface area contributed by atoms with Crippen LogP contribution >= 0.6 is 15.9 Å². The van der Waals surface area contributed by atoms with Crippen molar-refractivity contribution >= 4 is 29.9 Å². The van der Waals surface area contributed by atoms with Gasteiger partial charge in [0.2, 0.25) is 0 Å². The molecule has 1 atom stereocenters. The molecule has 2 saturated heterocycles. The molecular formula is C20H31B2BrO5. The molecule has 0 N–H and O–H groups in total. The molecule has 1 aromatic carbocycles. The van der Waals surface area contributed by atoms with Crippen LogP contribution in [0.4, 0.5) is 0 Å². The van der Waals surface area contributed by atoms with Crippen LogP contribution in [0.25, 0.3) is 0 Å². The molecule has 0 radical (unpaired) electrons. The molecule has 0 spiro atoms. The van der Waals surface area contributed by atoms with Crippen molar-refractivity contribution in [3.63, 3.8) is 0 Å². The first kappa shape index (κ1) is 22.2. The standard InChI is InChI=1S/C20H31B2BrO5/c1-13-10-14(16(24-9)11-15(13)23)12-20(8)19(6,7)27-22(28-20)21-25-17(2,3)18(4,5)26-21/h10-11H,12H2,1-9H3. The largest absolute Gasteiger partial charge is 0.496 e. The molecule has 1 aromatic rings. The van der Waals surface area contributed by atoms with E-state index < -0.39 is 36.4 Å². The van der Waals surface area contributed by atoms with Crippen LogP contribution in [0.5, 0.6) is 5.75 Å². The Hall–Kier alpha value is -0.530. The first-order valence-corrected chi connectivity index (χ1v) is 10.5. The molecule has 2 heterocycles. The van der Waals surface area contributed by atoms with Crippen molar-refractivity contribution in [1.82, 2.24) is 0 Å². The smallest absolute Gasteiger partial charge is 0.489 e. The third kappa shape index (κ3) is 3.67. The summed E-state index contributed by atoms with van der Waals surface area (Å²) in [6.07, 6.45) is 0.646. The van der Waals surface area contributed by atoms with E-state index in [0.717, 1.165) is 21.3 Å². The van der Waals surface area contributed by atoms with Crippen molar-refractivity contribution in [3.05, 3.63) is 27.7 Å².